The lowest BCUT2D eigenvalue weighted by atomic mass is 9.99. The number of nitrogens with zero attached hydrogens (tertiary/aromatic N) is 5. The van der Waals surface area contributed by atoms with Gasteiger partial charge in [0.25, 0.3) is 11.8 Å². The van der Waals surface area contributed by atoms with Crippen molar-refractivity contribution < 1.29 is 14.4 Å². The van der Waals surface area contributed by atoms with Gasteiger partial charge in [-0.15, -0.1) is 0 Å². The van der Waals surface area contributed by atoms with Crippen LogP contribution < -0.4 is 4.90 Å². The van der Waals surface area contributed by atoms with Crippen LogP contribution in [0.15, 0.2) is 12.4 Å². The van der Waals surface area contributed by atoms with Gasteiger partial charge < -0.3 is 9.80 Å². The number of aromatic nitrogens is 2. The third kappa shape index (κ3) is 1.77. The second-order valence-corrected chi connectivity index (χ2v) is 6.65. The van der Waals surface area contributed by atoms with Crippen molar-refractivity contribution >= 4 is 23.5 Å². The number of anilines is 1. The summed E-state index contributed by atoms with van der Waals surface area (Å²) in [4.78, 5) is 42.6. The van der Waals surface area contributed by atoms with Crippen LogP contribution in [-0.2, 0) is 16.6 Å². The molecule has 0 aromatic carbocycles. The van der Waals surface area contributed by atoms with E-state index in [0.717, 1.165) is 6.42 Å². The summed E-state index contributed by atoms with van der Waals surface area (Å²) in [6.07, 6.45) is 5.35. The predicted octanol–water partition coefficient (Wildman–Crippen LogP) is 0.342. The van der Waals surface area contributed by atoms with Gasteiger partial charge in [-0.3, -0.25) is 14.3 Å². The molecule has 0 aliphatic carbocycles. The zero-order valence-corrected chi connectivity index (χ0v) is 13.2. The Morgan fingerprint density at radius 3 is 2.70 bits per heavy atom. The molecule has 23 heavy (non-hydrogen) atoms. The van der Waals surface area contributed by atoms with Gasteiger partial charge >= 0.3 is 6.03 Å². The number of fused-ring (bicyclic) bond motifs is 1. The van der Waals surface area contributed by atoms with Crippen molar-refractivity contribution in [1.82, 2.24) is 19.6 Å². The fraction of sp³-hybridized carbons (Fsp3) is 0.600. The molecule has 122 valence electrons. The number of rotatable bonds is 2. The number of carbonyl (C=O) groups is 3. The lowest BCUT2D eigenvalue weighted by Gasteiger charge is -2.22. The summed E-state index contributed by atoms with van der Waals surface area (Å²) in [5.41, 5.74) is -0.0650. The largest absolute Gasteiger partial charge is 0.328 e. The van der Waals surface area contributed by atoms with Crippen molar-refractivity contribution in [3.05, 3.63) is 12.4 Å². The van der Waals surface area contributed by atoms with E-state index in [2.05, 4.69) is 5.10 Å². The van der Waals surface area contributed by atoms with E-state index in [4.69, 9.17) is 0 Å². The highest BCUT2D eigenvalue weighted by Crippen LogP contribution is 2.39. The molecule has 8 heteroatoms. The zero-order chi connectivity index (χ0) is 16.4. The number of hydrogen-bond donors (Lipinski definition) is 0. The summed E-state index contributed by atoms with van der Waals surface area (Å²) >= 11 is 0. The average molecular weight is 317 g/mol. The highest BCUT2D eigenvalue weighted by Gasteiger charge is 2.60. The van der Waals surface area contributed by atoms with E-state index in [1.165, 1.54) is 4.90 Å². The molecule has 3 aliphatic heterocycles. The maximum atomic E-state index is 12.8. The number of amides is 4. The van der Waals surface area contributed by atoms with E-state index in [1.54, 1.807) is 40.8 Å². The van der Waals surface area contributed by atoms with Gasteiger partial charge in [0, 0.05) is 26.3 Å². The summed E-state index contributed by atoms with van der Waals surface area (Å²) in [5.74, 6) is -0.434. The smallest absolute Gasteiger partial charge is 0.310 e. The molecule has 3 fully saturated rings. The summed E-state index contributed by atoms with van der Waals surface area (Å²) in [6, 6.07) is -1.01. The average Bonchev–Trinajstić information content (AvgIpc) is 3.22. The molecule has 2 atom stereocenters. The Labute approximate surface area is 133 Å². The molecule has 3 aliphatic rings. The van der Waals surface area contributed by atoms with Crippen molar-refractivity contribution in [1.29, 1.82) is 0 Å². The Kier molecular flexibility index (Phi) is 2.82. The van der Waals surface area contributed by atoms with Crippen LogP contribution in [0.3, 0.4) is 0 Å². The van der Waals surface area contributed by atoms with E-state index in [-0.39, 0.29) is 17.8 Å². The summed E-state index contributed by atoms with van der Waals surface area (Å²) in [5, 5.41) is 4.07. The molecule has 8 nitrogen and oxygen atoms in total. The van der Waals surface area contributed by atoms with Gasteiger partial charge in [-0.2, -0.15) is 5.10 Å². The first-order valence-corrected chi connectivity index (χ1v) is 7.89. The maximum absolute atomic E-state index is 12.8. The number of hydrogen-bond acceptors (Lipinski definition) is 4. The van der Waals surface area contributed by atoms with Gasteiger partial charge in [-0.25, -0.2) is 9.69 Å². The fourth-order valence-corrected chi connectivity index (χ4v) is 3.95. The van der Waals surface area contributed by atoms with Crippen LogP contribution in [0.25, 0.3) is 0 Å². The van der Waals surface area contributed by atoms with Crippen LogP contribution in [0.1, 0.15) is 26.2 Å². The predicted molar refractivity (Wildman–Crippen MR) is 80.6 cm³/mol. The first kappa shape index (κ1) is 14.2. The molecular weight excluding hydrogens is 298 g/mol. The number of carbonyl (C=O) groups excluding carboxylic acids is 3. The van der Waals surface area contributed by atoms with Crippen LogP contribution in [0.4, 0.5) is 10.5 Å². The van der Waals surface area contributed by atoms with Crippen LogP contribution in [0.2, 0.25) is 0 Å². The second kappa shape index (κ2) is 4.56. The zero-order valence-electron chi connectivity index (χ0n) is 13.2. The van der Waals surface area contributed by atoms with Gasteiger partial charge in [-0.05, 0) is 26.2 Å². The first-order chi connectivity index (χ1) is 10.9. The van der Waals surface area contributed by atoms with Crippen molar-refractivity contribution in [2.45, 2.75) is 37.8 Å². The molecular formula is C15H19N5O3. The quantitative estimate of drug-likeness (QED) is 0.737. The van der Waals surface area contributed by atoms with E-state index >= 15 is 0 Å². The lowest BCUT2D eigenvalue weighted by Crippen LogP contribution is -2.47. The van der Waals surface area contributed by atoms with Crippen LogP contribution in [-0.4, -0.2) is 62.1 Å². The molecule has 0 spiro atoms. The van der Waals surface area contributed by atoms with E-state index < -0.39 is 11.6 Å². The summed E-state index contributed by atoms with van der Waals surface area (Å²) in [7, 11) is 1.78. The molecule has 0 unspecified atom stereocenters. The molecule has 0 radical (unpaired) electrons. The summed E-state index contributed by atoms with van der Waals surface area (Å²) < 4.78 is 1.62. The molecule has 0 bridgehead atoms. The molecule has 0 N–H and O–H groups in total. The Hall–Kier alpha value is -2.38. The van der Waals surface area contributed by atoms with E-state index in [9.17, 15) is 14.4 Å². The highest BCUT2D eigenvalue weighted by molar-refractivity contribution is 6.12. The molecule has 4 amide bonds. The molecule has 1 aromatic heterocycles. The van der Waals surface area contributed by atoms with Gasteiger partial charge in [0.1, 0.15) is 11.6 Å². The van der Waals surface area contributed by atoms with Crippen molar-refractivity contribution in [3.63, 3.8) is 0 Å². The SMILES string of the molecule is Cn1cc(N2CC[C@@H](N3C(=O)N4CCC[C@]4(C)C3=O)C2=O)cn1. The van der Waals surface area contributed by atoms with Gasteiger partial charge in [0.2, 0.25) is 0 Å². The number of urea groups is 1. The highest BCUT2D eigenvalue weighted by atomic mass is 16.2. The third-order valence-corrected chi connectivity index (χ3v) is 5.25. The molecule has 4 rings (SSSR count). The Bertz CT molecular complexity index is 714. The number of imide groups is 1. The van der Waals surface area contributed by atoms with Crippen LogP contribution in [0.5, 0.6) is 0 Å². The molecule has 4 heterocycles. The topological polar surface area (TPSA) is 78.8 Å². The monoisotopic (exact) mass is 317 g/mol. The molecule has 1 aromatic rings. The first-order valence-electron chi connectivity index (χ1n) is 7.89. The normalized spacial score (nSPS) is 30.8. The van der Waals surface area contributed by atoms with Crippen molar-refractivity contribution in [2.75, 3.05) is 18.0 Å². The Morgan fingerprint density at radius 2 is 2.04 bits per heavy atom. The second-order valence-electron chi connectivity index (χ2n) is 6.65. The summed E-state index contributed by atoms with van der Waals surface area (Å²) in [6.45, 7) is 2.88. The van der Waals surface area contributed by atoms with Gasteiger partial charge in [0.05, 0.1) is 11.9 Å². The fourth-order valence-electron chi connectivity index (χ4n) is 3.95. The lowest BCUT2D eigenvalue weighted by molar-refractivity contribution is -0.136. The third-order valence-electron chi connectivity index (χ3n) is 5.25. The minimum Gasteiger partial charge on any atom is -0.310 e. The Balaban J connectivity index is 1.61. The van der Waals surface area contributed by atoms with Crippen LogP contribution >= 0.6 is 0 Å². The molecule has 3 saturated heterocycles. The number of aryl methyl sites for hydroxylation is 1. The minimum absolute atomic E-state index is 0.204. The Morgan fingerprint density at radius 1 is 1.26 bits per heavy atom. The maximum Gasteiger partial charge on any atom is 0.328 e. The van der Waals surface area contributed by atoms with Crippen LogP contribution in [0, 0.1) is 0 Å². The van der Waals surface area contributed by atoms with E-state index in [1.807, 2.05) is 0 Å². The van der Waals surface area contributed by atoms with E-state index in [0.29, 0.717) is 31.6 Å². The van der Waals surface area contributed by atoms with Crippen molar-refractivity contribution in [2.24, 2.45) is 7.05 Å². The van der Waals surface area contributed by atoms with Gasteiger partial charge in [0.15, 0.2) is 0 Å². The minimum atomic E-state index is -0.765. The standard InChI is InChI=1S/C15H19N5O3/c1-15-5-3-6-19(15)14(23)20(13(15)22)11-4-7-18(12(11)21)10-8-16-17(2)9-10/h8-9,11H,3-7H2,1-2H3/t11-,15-/m1/s1. The van der Waals surface area contributed by atoms with Gasteiger partial charge in [-0.1, -0.05) is 0 Å². The molecule has 0 saturated carbocycles. The van der Waals surface area contributed by atoms with Crippen molar-refractivity contribution in [3.8, 4) is 0 Å².